The van der Waals surface area contributed by atoms with Gasteiger partial charge in [-0.2, -0.15) is 0 Å². The van der Waals surface area contributed by atoms with Gasteiger partial charge < -0.3 is 15.2 Å². The SMILES string of the molecule is CCC[C@]1(CO)CCN(Cc2nc(CC)[nH]c2C)C[C@@H]1O. The van der Waals surface area contributed by atoms with Crippen LogP contribution in [0, 0.1) is 12.3 Å². The maximum Gasteiger partial charge on any atom is 0.106 e. The summed E-state index contributed by atoms with van der Waals surface area (Å²) in [5.74, 6) is 1.02. The van der Waals surface area contributed by atoms with Crippen molar-refractivity contribution < 1.29 is 10.2 Å². The van der Waals surface area contributed by atoms with Crippen molar-refractivity contribution in [3.05, 3.63) is 17.2 Å². The minimum atomic E-state index is -0.457. The molecule has 0 aliphatic carbocycles. The molecular weight excluding hydrogens is 266 g/mol. The zero-order valence-electron chi connectivity index (χ0n) is 13.5. The quantitative estimate of drug-likeness (QED) is 0.746. The number of nitrogens with zero attached hydrogens (tertiary/aromatic N) is 2. The summed E-state index contributed by atoms with van der Waals surface area (Å²) < 4.78 is 0. The van der Waals surface area contributed by atoms with Gasteiger partial charge in [0.15, 0.2) is 0 Å². The third-order valence-corrected chi connectivity index (χ3v) is 4.87. The molecule has 0 spiro atoms. The van der Waals surface area contributed by atoms with E-state index in [9.17, 15) is 10.2 Å². The number of aromatic amines is 1. The molecule has 1 saturated heterocycles. The Morgan fingerprint density at radius 2 is 2.19 bits per heavy atom. The molecule has 3 N–H and O–H groups in total. The van der Waals surface area contributed by atoms with Crippen molar-refractivity contribution in [1.29, 1.82) is 0 Å². The zero-order chi connectivity index (χ0) is 15.5. The van der Waals surface area contributed by atoms with Crippen LogP contribution in [0.4, 0.5) is 0 Å². The van der Waals surface area contributed by atoms with Gasteiger partial charge in [-0.1, -0.05) is 20.3 Å². The average Bonchev–Trinajstić information content (AvgIpc) is 2.83. The minimum absolute atomic E-state index is 0.0806. The van der Waals surface area contributed by atoms with E-state index in [1.165, 1.54) is 0 Å². The summed E-state index contributed by atoms with van der Waals surface area (Å²) in [5.41, 5.74) is 1.89. The molecule has 2 rings (SSSR count). The summed E-state index contributed by atoms with van der Waals surface area (Å²) in [6.45, 7) is 8.63. The second-order valence-corrected chi connectivity index (χ2v) is 6.38. The van der Waals surface area contributed by atoms with Crippen LogP contribution in [0.5, 0.6) is 0 Å². The highest BCUT2D eigenvalue weighted by Crippen LogP contribution is 2.36. The second-order valence-electron chi connectivity index (χ2n) is 6.38. The van der Waals surface area contributed by atoms with Crippen molar-refractivity contribution in [3.63, 3.8) is 0 Å². The van der Waals surface area contributed by atoms with Gasteiger partial charge in [-0.05, 0) is 26.3 Å². The van der Waals surface area contributed by atoms with Crippen LogP contribution in [0.2, 0.25) is 0 Å². The highest BCUT2D eigenvalue weighted by atomic mass is 16.3. The number of likely N-dealkylation sites (tertiary alicyclic amines) is 1. The molecule has 1 aromatic rings. The fourth-order valence-electron chi connectivity index (χ4n) is 3.37. The van der Waals surface area contributed by atoms with E-state index in [0.717, 1.165) is 56.0 Å². The molecule has 0 aromatic carbocycles. The number of rotatable bonds is 6. The Kier molecular flexibility index (Phi) is 5.41. The van der Waals surface area contributed by atoms with Gasteiger partial charge in [-0.25, -0.2) is 4.98 Å². The van der Waals surface area contributed by atoms with Gasteiger partial charge in [0.2, 0.25) is 0 Å². The molecule has 1 aliphatic rings. The van der Waals surface area contributed by atoms with Crippen LogP contribution in [-0.4, -0.2) is 50.9 Å². The first-order chi connectivity index (χ1) is 10.0. The predicted molar refractivity (Wildman–Crippen MR) is 83.0 cm³/mol. The van der Waals surface area contributed by atoms with Crippen molar-refractivity contribution in [2.45, 2.75) is 59.1 Å². The fourth-order valence-corrected chi connectivity index (χ4v) is 3.37. The largest absolute Gasteiger partial charge is 0.396 e. The Morgan fingerprint density at radius 3 is 2.71 bits per heavy atom. The number of aryl methyl sites for hydroxylation is 2. The maximum atomic E-state index is 10.5. The van der Waals surface area contributed by atoms with E-state index in [2.05, 4.69) is 35.6 Å². The summed E-state index contributed by atoms with van der Waals surface area (Å²) >= 11 is 0. The van der Waals surface area contributed by atoms with E-state index < -0.39 is 6.10 Å². The Hall–Kier alpha value is -0.910. The van der Waals surface area contributed by atoms with E-state index in [1.807, 2.05) is 0 Å². The number of nitrogens with one attached hydrogen (secondary N) is 1. The fraction of sp³-hybridized carbons (Fsp3) is 0.812. The van der Waals surface area contributed by atoms with Crippen molar-refractivity contribution in [1.82, 2.24) is 14.9 Å². The number of piperidine rings is 1. The minimum Gasteiger partial charge on any atom is -0.396 e. The van der Waals surface area contributed by atoms with Gasteiger partial charge in [0.25, 0.3) is 0 Å². The van der Waals surface area contributed by atoms with Crippen LogP contribution in [0.25, 0.3) is 0 Å². The third kappa shape index (κ3) is 3.47. The maximum absolute atomic E-state index is 10.5. The molecule has 2 heterocycles. The number of hydrogen-bond donors (Lipinski definition) is 3. The monoisotopic (exact) mass is 295 g/mol. The number of imidazole rings is 1. The van der Waals surface area contributed by atoms with Crippen molar-refractivity contribution in [3.8, 4) is 0 Å². The molecule has 21 heavy (non-hydrogen) atoms. The van der Waals surface area contributed by atoms with Crippen molar-refractivity contribution >= 4 is 0 Å². The Labute approximate surface area is 127 Å². The Morgan fingerprint density at radius 1 is 1.43 bits per heavy atom. The first-order valence-corrected chi connectivity index (χ1v) is 8.10. The highest BCUT2D eigenvalue weighted by molar-refractivity contribution is 5.13. The lowest BCUT2D eigenvalue weighted by atomic mass is 9.73. The average molecular weight is 295 g/mol. The number of aromatic nitrogens is 2. The first kappa shape index (κ1) is 16.5. The van der Waals surface area contributed by atoms with Crippen LogP contribution >= 0.6 is 0 Å². The topological polar surface area (TPSA) is 72.4 Å². The summed E-state index contributed by atoms with van der Waals surface area (Å²) in [5, 5.41) is 20.2. The number of aliphatic hydroxyl groups is 2. The van der Waals surface area contributed by atoms with Gasteiger partial charge in [0.05, 0.1) is 18.4 Å². The molecule has 0 bridgehead atoms. The molecule has 1 fully saturated rings. The molecular formula is C16H29N3O2. The highest BCUT2D eigenvalue weighted by Gasteiger charge is 2.41. The zero-order valence-corrected chi connectivity index (χ0v) is 13.5. The van der Waals surface area contributed by atoms with Gasteiger partial charge in [-0.15, -0.1) is 0 Å². The van der Waals surface area contributed by atoms with Crippen molar-refractivity contribution in [2.24, 2.45) is 5.41 Å². The third-order valence-electron chi connectivity index (χ3n) is 4.87. The number of β-amino-alcohol motifs (C(OH)–C–C–N with tert-alkyl or cyclic N) is 1. The second kappa shape index (κ2) is 6.90. The molecule has 1 aromatic heterocycles. The molecule has 5 heteroatoms. The van der Waals surface area contributed by atoms with Crippen LogP contribution in [-0.2, 0) is 13.0 Å². The predicted octanol–water partition coefficient (Wildman–Crippen LogP) is 1.63. The van der Waals surface area contributed by atoms with E-state index in [1.54, 1.807) is 0 Å². The van der Waals surface area contributed by atoms with E-state index >= 15 is 0 Å². The number of hydrogen-bond acceptors (Lipinski definition) is 4. The van der Waals surface area contributed by atoms with E-state index in [-0.39, 0.29) is 12.0 Å². The molecule has 0 radical (unpaired) electrons. The van der Waals surface area contributed by atoms with Crippen LogP contribution in [0.1, 0.15) is 50.3 Å². The summed E-state index contributed by atoms with van der Waals surface area (Å²) in [6, 6.07) is 0. The van der Waals surface area contributed by atoms with Gasteiger partial charge in [-0.3, -0.25) is 4.90 Å². The molecule has 120 valence electrons. The van der Waals surface area contributed by atoms with Crippen LogP contribution in [0.15, 0.2) is 0 Å². The normalized spacial score (nSPS) is 27.2. The lowest BCUT2D eigenvalue weighted by Gasteiger charge is -2.44. The first-order valence-electron chi connectivity index (χ1n) is 8.10. The Balaban J connectivity index is 2.00. The standard InChI is InChI=1S/C16H29N3O2/c1-4-6-16(11-20)7-8-19(10-14(16)21)9-13-12(3)17-15(5-2)18-13/h14,20-21H,4-11H2,1-3H3,(H,17,18)/t14-,16+/m0/s1. The van der Waals surface area contributed by atoms with E-state index in [0.29, 0.717) is 6.54 Å². The van der Waals surface area contributed by atoms with Gasteiger partial charge in [0.1, 0.15) is 5.82 Å². The lowest BCUT2D eigenvalue weighted by Crippen LogP contribution is -2.52. The van der Waals surface area contributed by atoms with Crippen LogP contribution in [0.3, 0.4) is 0 Å². The van der Waals surface area contributed by atoms with Crippen LogP contribution < -0.4 is 0 Å². The number of aliphatic hydroxyl groups excluding tert-OH is 2. The molecule has 0 amide bonds. The molecule has 5 nitrogen and oxygen atoms in total. The summed E-state index contributed by atoms with van der Waals surface area (Å²) in [6.07, 6.45) is 3.19. The molecule has 1 aliphatic heterocycles. The molecule has 0 unspecified atom stereocenters. The molecule has 2 atom stereocenters. The Bertz CT molecular complexity index is 460. The summed E-state index contributed by atoms with van der Waals surface area (Å²) in [4.78, 5) is 10.2. The van der Waals surface area contributed by atoms with Gasteiger partial charge >= 0.3 is 0 Å². The summed E-state index contributed by atoms with van der Waals surface area (Å²) in [7, 11) is 0. The smallest absolute Gasteiger partial charge is 0.106 e. The molecule has 0 saturated carbocycles. The van der Waals surface area contributed by atoms with E-state index in [4.69, 9.17) is 0 Å². The van der Waals surface area contributed by atoms with Gasteiger partial charge in [0, 0.05) is 30.6 Å². The lowest BCUT2D eigenvalue weighted by molar-refractivity contribution is -0.0804. The number of H-pyrrole nitrogens is 1. The van der Waals surface area contributed by atoms with Crippen molar-refractivity contribution in [2.75, 3.05) is 19.7 Å².